The van der Waals surface area contributed by atoms with Gasteiger partial charge in [-0.05, 0) is 41.8 Å². The molecule has 8 nitrogen and oxygen atoms in total. The standard InChI is InChI=1S/C20H14F2N4O4/c21-13-2-1-11(8-14(13)22)7-12-15(27)16-17(25-18(12)28)26-20(30-16)19(29)24-9-10-3-5-23-6-4-10/h1-6,8,12H,7,9H2,(H,24,29)(H,25,28). The minimum absolute atomic E-state index is 0.152. The van der Waals surface area contributed by atoms with Crippen molar-refractivity contribution in [3.8, 4) is 0 Å². The predicted octanol–water partition coefficient (Wildman–Crippen LogP) is 2.27. The molecule has 0 bridgehead atoms. The van der Waals surface area contributed by atoms with Gasteiger partial charge in [0.15, 0.2) is 17.5 Å². The number of carbonyl (C=O) groups is 3. The molecule has 2 aromatic heterocycles. The first kappa shape index (κ1) is 19.4. The molecule has 30 heavy (non-hydrogen) atoms. The maximum absolute atomic E-state index is 13.4. The Morgan fingerprint density at radius 3 is 2.60 bits per heavy atom. The number of carbonyl (C=O) groups excluding carboxylic acids is 3. The van der Waals surface area contributed by atoms with Crippen LogP contribution in [0.3, 0.4) is 0 Å². The zero-order valence-electron chi connectivity index (χ0n) is 15.3. The minimum atomic E-state index is -1.22. The summed E-state index contributed by atoms with van der Waals surface area (Å²) in [6.45, 7) is 0.188. The van der Waals surface area contributed by atoms with E-state index in [0.717, 1.165) is 17.7 Å². The Morgan fingerprint density at radius 2 is 1.87 bits per heavy atom. The van der Waals surface area contributed by atoms with Gasteiger partial charge in [-0.15, -0.1) is 0 Å². The highest BCUT2D eigenvalue weighted by atomic mass is 19.2. The number of aromatic nitrogens is 2. The van der Waals surface area contributed by atoms with Gasteiger partial charge in [0.05, 0.1) is 0 Å². The van der Waals surface area contributed by atoms with Crippen LogP contribution in [0.25, 0.3) is 0 Å². The summed E-state index contributed by atoms with van der Waals surface area (Å²) in [7, 11) is 0. The number of nitrogens with zero attached hydrogens (tertiary/aromatic N) is 2. The molecule has 3 heterocycles. The largest absolute Gasteiger partial charge is 0.427 e. The molecule has 0 spiro atoms. The summed E-state index contributed by atoms with van der Waals surface area (Å²) in [6, 6.07) is 6.55. The fraction of sp³-hybridized carbons (Fsp3) is 0.150. The maximum atomic E-state index is 13.4. The van der Waals surface area contributed by atoms with Crippen LogP contribution in [0.1, 0.15) is 32.4 Å². The van der Waals surface area contributed by atoms with E-state index in [1.54, 1.807) is 24.5 Å². The van der Waals surface area contributed by atoms with Crippen LogP contribution in [0.5, 0.6) is 0 Å². The number of hydrogen-bond acceptors (Lipinski definition) is 6. The van der Waals surface area contributed by atoms with E-state index in [-0.39, 0.29) is 36.0 Å². The Balaban J connectivity index is 1.50. The second-order valence-electron chi connectivity index (χ2n) is 6.59. The number of ketones is 1. The van der Waals surface area contributed by atoms with Crippen LogP contribution >= 0.6 is 0 Å². The first-order chi connectivity index (χ1) is 14.4. The van der Waals surface area contributed by atoms with E-state index in [2.05, 4.69) is 20.6 Å². The number of amides is 2. The third-order valence-electron chi connectivity index (χ3n) is 4.55. The van der Waals surface area contributed by atoms with Crippen LogP contribution in [0.4, 0.5) is 14.6 Å². The van der Waals surface area contributed by atoms with Gasteiger partial charge in [0.1, 0.15) is 5.92 Å². The minimum Gasteiger partial charge on any atom is -0.427 e. The number of fused-ring (bicyclic) bond motifs is 1. The summed E-state index contributed by atoms with van der Waals surface area (Å²) in [5.74, 6) is -6.16. The van der Waals surface area contributed by atoms with Crippen molar-refractivity contribution in [3.63, 3.8) is 0 Å². The number of Topliss-reactive ketones (excluding diaryl/α,β-unsaturated/α-hetero) is 1. The van der Waals surface area contributed by atoms with Gasteiger partial charge >= 0.3 is 5.91 Å². The number of hydrogen-bond donors (Lipinski definition) is 2. The lowest BCUT2D eigenvalue weighted by molar-refractivity contribution is -0.118. The van der Waals surface area contributed by atoms with Gasteiger partial charge < -0.3 is 15.1 Å². The average Bonchev–Trinajstić information content (AvgIpc) is 3.17. The molecule has 0 saturated carbocycles. The van der Waals surface area contributed by atoms with Gasteiger partial charge in [0.2, 0.25) is 17.5 Å². The highest BCUT2D eigenvalue weighted by Crippen LogP contribution is 2.28. The highest BCUT2D eigenvalue weighted by molar-refractivity contribution is 6.19. The lowest BCUT2D eigenvalue weighted by atomic mass is 9.91. The second kappa shape index (κ2) is 7.82. The molecule has 1 unspecified atom stereocenters. The van der Waals surface area contributed by atoms with Gasteiger partial charge in [-0.3, -0.25) is 19.4 Å². The first-order valence-corrected chi connectivity index (χ1v) is 8.89. The van der Waals surface area contributed by atoms with Crippen molar-refractivity contribution in [2.75, 3.05) is 5.32 Å². The monoisotopic (exact) mass is 412 g/mol. The molecule has 1 aliphatic rings. The van der Waals surface area contributed by atoms with E-state index in [9.17, 15) is 23.2 Å². The summed E-state index contributed by atoms with van der Waals surface area (Å²) in [6.07, 6.45) is 2.99. The van der Waals surface area contributed by atoms with Gasteiger partial charge in [-0.1, -0.05) is 6.07 Å². The number of pyridine rings is 1. The number of anilines is 1. The molecule has 0 fully saturated rings. The number of rotatable bonds is 5. The zero-order chi connectivity index (χ0) is 21.3. The summed E-state index contributed by atoms with van der Waals surface area (Å²) in [4.78, 5) is 45.1. The smallest absolute Gasteiger partial charge is 0.307 e. The van der Waals surface area contributed by atoms with Crippen molar-refractivity contribution in [2.45, 2.75) is 13.0 Å². The van der Waals surface area contributed by atoms with E-state index in [1.165, 1.54) is 6.07 Å². The van der Waals surface area contributed by atoms with E-state index >= 15 is 0 Å². The average molecular weight is 412 g/mol. The summed E-state index contributed by atoms with van der Waals surface area (Å²) < 4.78 is 31.8. The molecule has 4 rings (SSSR count). The molecule has 0 saturated heterocycles. The van der Waals surface area contributed by atoms with Gasteiger partial charge in [0.25, 0.3) is 5.89 Å². The molecule has 10 heteroatoms. The third kappa shape index (κ3) is 3.79. The van der Waals surface area contributed by atoms with Crippen LogP contribution < -0.4 is 10.6 Å². The van der Waals surface area contributed by atoms with Gasteiger partial charge in [-0.25, -0.2) is 8.78 Å². The maximum Gasteiger partial charge on any atom is 0.307 e. The number of oxazole rings is 1. The molecule has 0 aliphatic carbocycles. The number of halogens is 2. The van der Waals surface area contributed by atoms with Crippen LogP contribution in [0.15, 0.2) is 47.1 Å². The summed E-state index contributed by atoms with van der Waals surface area (Å²) in [5, 5.41) is 5.00. The Morgan fingerprint density at radius 1 is 1.10 bits per heavy atom. The molecule has 152 valence electrons. The van der Waals surface area contributed by atoms with Gasteiger partial charge in [-0.2, -0.15) is 4.98 Å². The number of benzene rings is 1. The van der Waals surface area contributed by atoms with Crippen LogP contribution in [-0.2, 0) is 17.8 Å². The Hall–Kier alpha value is -3.95. The topological polar surface area (TPSA) is 114 Å². The lowest BCUT2D eigenvalue weighted by Crippen LogP contribution is -2.36. The second-order valence-corrected chi connectivity index (χ2v) is 6.59. The molecule has 1 aromatic carbocycles. The lowest BCUT2D eigenvalue weighted by Gasteiger charge is -2.18. The van der Waals surface area contributed by atoms with Crippen molar-refractivity contribution in [3.05, 3.63) is 77.1 Å². The number of nitrogens with one attached hydrogen (secondary N) is 2. The quantitative estimate of drug-likeness (QED) is 0.622. The fourth-order valence-corrected chi connectivity index (χ4v) is 3.00. The molecular weight excluding hydrogens is 398 g/mol. The Bertz CT molecular complexity index is 1150. The fourth-order valence-electron chi connectivity index (χ4n) is 3.00. The molecule has 0 radical (unpaired) electrons. The normalized spacial score (nSPS) is 15.5. The molecular formula is C20H14F2N4O4. The molecule has 2 amide bonds. The van der Waals surface area contributed by atoms with E-state index in [0.29, 0.717) is 0 Å². The third-order valence-corrected chi connectivity index (χ3v) is 4.55. The zero-order valence-corrected chi connectivity index (χ0v) is 15.3. The van der Waals surface area contributed by atoms with Gasteiger partial charge in [0, 0.05) is 18.9 Å². The van der Waals surface area contributed by atoms with Crippen LogP contribution in [0.2, 0.25) is 0 Å². The summed E-state index contributed by atoms with van der Waals surface area (Å²) in [5.41, 5.74) is 1.06. The van der Waals surface area contributed by atoms with E-state index in [1.807, 2.05) is 0 Å². The van der Waals surface area contributed by atoms with Crippen LogP contribution in [0, 0.1) is 17.6 Å². The van der Waals surface area contributed by atoms with Crippen molar-refractivity contribution in [1.29, 1.82) is 0 Å². The molecule has 2 N–H and O–H groups in total. The van der Waals surface area contributed by atoms with E-state index in [4.69, 9.17) is 4.42 Å². The Labute approximate surface area is 168 Å². The van der Waals surface area contributed by atoms with E-state index < -0.39 is 35.1 Å². The van der Waals surface area contributed by atoms with Crippen LogP contribution in [-0.4, -0.2) is 27.6 Å². The van der Waals surface area contributed by atoms with Crippen molar-refractivity contribution in [2.24, 2.45) is 5.92 Å². The van der Waals surface area contributed by atoms with Crippen molar-refractivity contribution >= 4 is 23.4 Å². The molecule has 3 aromatic rings. The van der Waals surface area contributed by atoms with Crippen molar-refractivity contribution < 1.29 is 27.6 Å². The molecule has 1 atom stereocenters. The predicted molar refractivity (Wildman–Crippen MR) is 98.4 cm³/mol. The summed E-state index contributed by atoms with van der Waals surface area (Å²) >= 11 is 0. The molecule has 1 aliphatic heterocycles. The SMILES string of the molecule is O=C(NCc1ccncc1)c1nc2c(o1)C(=O)C(Cc1ccc(F)c(F)c1)C(=O)N2. The first-order valence-electron chi connectivity index (χ1n) is 8.89. The highest BCUT2D eigenvalue weighted by Gasteiger charge is 2.39. The Kier molecular flexibility index (Phi) is 5.05. The van der Waals surface area contributed by atoms with Crippen molar-refractivity contribution in [1.82, 2.24) is 15.3 Å².